The number of quaternary nitrogens is 1. The van der Waals surface area contributed by atoms with Gasteiger partial charge in [0.05, 0.1) is 24.6 Å². The third kappa shape index (κ3) is 3.78. The van der Waals surface area contributed by atoms with E-state index in [2.05, 4.69) is 38.8 Å². The van der Waals surface area contributed by atoms with Gasteiger partial charge in [0.2, 0.25) is 0 Å². The number of halogens is 1. The fourth-order valence-electron chi connectivity index (χ4n) is 2.64. The van der Waals surface area contributed by atoms with Gasteiger partial charge >= 0.3 is 0 Å². The zero-order valence-electron chi connectivity index (χ0n) is 12.0. The van der Waals surface area contributed by atoms with Crippen molar-refractivity contribution in [2.75, 3.05) is 32.8 Å². The van der Waals surface area contributed by atoms with E-state index in [4.69, 9.17) is 9.15 Å². The van der Waals surface area contributed by atoms with Crippen LogP contribution in [0, 0.1) is 0 Å². The number of carbonyl (C=O) groups excluding carboxylic acids is 1. The van der Waals surface area contributed by atoms with E-state index in [1.54, 1.807) is 23.5 Å². The van der Waals surface area contributed by atoms with E-state index in [0.29, 0.717) is 17.0 Å². The Kier molecular flexibility index (Phi) is 5.30. The summed E-state index contributed by atoms with van der Waals surface area (Å²) in [5.74, 6) is 0.147. The molecular formula is C15H18BrN2O3S+. The number of rotatable bonds is 5. The molecule has 0 aliphatic carbocycles. The van der Waals surface area contributed by atoms with Gasteiger partial charge in [-0.1, -0.05) is 6.07 Å². The number of ether oxygens (including phenoxy) is 1. The Hall–Kier alpha value is -1.15. The first kappa shape index (κ1) is 15.7. The van der Waals surface area contributed by atoms with Crippen LogP contribution in [0.1, 0.15) is 21.5 Å². The Bertz CT molecular complexity index is 608. The maximum atomic E-state index is 12.2. The molecule has 1 atom stereocenters. The fraction of sp³-hybridized carbons (Fsp3) is 0.400. The molecule has 1 amide bonds. The van der Waals surface area contributed by atoms with Crippen molar-refractivity contribution in [3.63, 3.8) is 0 Å². The van der Waals surface area contributed by atoms with Crippen LogP contribution in [0.4, 0.5) is 0 Å². The minimum atomic E-state index is -0.181. The second kappa shape index (κ2) is 7.41. The second-order valence-electron chi connectivity index (χ2n) is 5.15. The van der Waals surface area contributed by atoms with Gasteiger partial charge in [-0.3, -0.25) is 4.79 Å². The number of nitrogens with one attached hydrogen (secondary N) is 2. The number of morpholine rings is 1. The molecule has 1 aliphatic heterocycles. The summed E-state index contributed by atoms with van der Waals surface area (Å²) in [6.45, 7) is 4.06. The third-order valence-electron chi connectivity index (χ3n) is 3.78. The molecule has 0 unspecified atom stereocenters. The number of thiophene rings is 1. The summed E-state index contributed by atoms with van der Waals surface area (Å²) in [6.07, 6.45) is 0. The lowest BCUT2D eigenvalue weighted by Crippen LogP contribution is -3.15. The molecule has 0 radical (unpaired) electrons. The highest BCUT2D eigenvalue weighted by atomic mass is 79.9. The van der Waals surface area contributed by atoms with Gasteiger partial charge in [0.25, 0.3) is 5.91 Å². The van der Waals surface area contributed by atoms with Crippen molar-refractivity contribution >= 4 is 33.2 Å². The molecule has 118 valence electrons. The largest absolute Gasteiger partial charge is 0.444 e. The van der Waals surface area contributed by atoms with Crippen LogP contribution in [0.15, 0.2) is 38.7 Å². The maximum Gasteiger partial charge on any atom is 0.287 e. The molecule has 3 heterocycles. The Balaban J connectivity index is 1.66. The quantitative estimate of drug-likeness (QED) is 0.819. The number of carbonyl (C=O) groups is 1. The number of furan rings is 1. The van der Waals surface area contributed by atoms with Crippen molar-refractivity contribution in [2.45, 2.75) is 6.04 Å². The summed E-state index contributed by atoms with van der Waals surface area (Å²) >= 11 is 4.94. The predicted molar refractivity (Wildman–Crippen MR) is 87.3 cm³/mol. The fourth-order valence-corrected chi connectivity index (χ4v) is 3.83. The zero-order valence-corrected chi connectivity index (χ0v) is 14.4. The van der Waals surface area contributed by atoms with Crippen LogP contribution in [0.25, 0.3) is 0 Å². The molecule has 2 N–H and O–H groups in total. The first-order valence-corrected chi connectivity index (χ1v) is 8.90. The highest BCUT2D eigenvalue weighted by Crippen LogP contribution is 2.17. The molecule has 7 heteroatoms. The van der Waals surface area contributed by atoms with E-state index in [1.165, 1.54) is 9.78 Å². The summed E-state index contributed by atoms with van der Waals surface area (Å²) in [5.41, 5.74) is 0. The molecule has 5 nitrogen and oxygen atoms in total. The minimum absolute atomic E-state index is 0.181. The van der Waals surface area contributed by atoms with Gasteiger partial charge in [-0.15, -0.1) is 11.3 Å². The highest BCUT2D eigenvalue weighted by Gasteiger charge is 2.28. The molecule has 3 rings (SSSR count). The molecule has 1 aliphatic rings. The standard InChI is InChI=1S/C15H17BrN2O3S/c16-14-4-3-12(21-14)15(19)17-10-11(13-2-1-9-22-13)18-5-7-20-8-6-18/h1-4,9,11H,5-8,10H2,(H,17,19)/p+1/t11-/m1/s1. The molecule has 0 spiro atoms. The average molecular weight is 386 g/mol. The molecule has 2 aromatic heterocycles. The lowest BCUT2D eigenvalue weighted by molar-refractivity contribution is -0.937. The van der Waals surface area contributed by atoms with Crippen LogP contribution >= 0.6 is 27.3 Å². The van der Waals surface area contributed by atoms with Gasteiger partial charge in [-0.25, -0.2) is 0 Å². The van der Waals surface area contributed by atoms with Crippen LogP contribution in [-0.2, 0) is 4.74 Å². The van der Waals surface area contributed by atoms with Crippen molar-refractivity contribution in [1.29, 1.82) is 0 Å². The van der Waals surface area contributed by atoms with E-state index in [0.717, 1.165) is 26.3 Å². The lowest BCUT2D eigenvalue weighted by atomic mass is 10.2. The minimum Gasteiger partial charge on any atom is -0.444 e. The predicted octanol–water partition coefficient (Wildman–Crippen LogP) is 1.49. The Morgan fingerprint density at radius 1 is 1.36 bits per heavy atom. The van der Waals surface area contributed by atoms with Gasteiger partial charge < -0.3 is 19.4 Å². The van der Waals surface area contributed by atoms with E-state index in [-0.39, 0.29) is 11.9 Å². The highest BCUT2D eigenvalue weighted by molar-refractivity contribution is 9.10. The van der Waals surface area contributed by atoms with Crippen LogP contribution in [0.3, 0.4) is 0 Å². The lowest BCUT2D eigenvalue weighted by Gasteiger charge is -2.31. The first-order valence-electron chi connectivity index (χ1n) is 7.23. The molecule has 0 saturated carbocycles. The third-order valence-corrected chi connectivity index (χ3v) is 5.19. The summed E-state index contributed by atoms with van der Waals surface area (Å²) in [6, 6.07) is 7.83. The second-order valence-corrected chi connectivity index (χ2v) is 6.91. The SMILES string of the molecule is O=C(NC[C@H](c1cccs1)[NH+]1CCOCC1)c1ccc(Br)o1. The van der Waals surface area contributed by atoms with Crippen LogP contribution in [0.2, 0.25) is 0 Å². The number of hydrogen-bond donors (Lipinski definition) is 2. The van der Waals surface area contributed by atoms with Crippen molar-refractivity contribution in [2.24, 2.45) is 0 Å². The zero-order chi connectivity index (χ0) is 15.4. The van der Waals surface area contributed by atoms with Gasteiger partial charge in [0.15, 0.2) is 10.4 Å². The molecule has 0 aromatic carbocycles. The summed E-state index contributed by atoms with van der Waals surface area (Å²) in [4.78, 5) is 14.9. The molecule has 22 heavy (non-hydrogen) atoms. The van der Waals surface area contributed by atoms with Crippen molar-refractivity contribution < 1.29 is 18.8 Å². The van der Waals surface area contributed by atoms with Gasteiger partial charge in [-0.2, -0.15) is 0 Å². The Labute approximate surface area is 141 Å². The Morgan fingerprint density at radius 3 is 2.82 bits per heavy atom. The molecule has 0 bridgehead atoms. The summed E-state index contributed by atoms with van der Waals surface area (Å²) in [7, 11) is 0. The van der Waals surface area contributed by atoms with Crippen molar-refractivity contribution in [3.05, 3.63) is 45.0 Å². The van der Waals surface area contributed by atoms with Crippen molar-refractivity contribution in [1.82, 2.24) is 5.32 Å². The van der Waals surface area contributed by atoms with Gasteiger partial charge in [0, 0.05) is 0 Å². The van der Waals surface area contributed by atoms with Crippen LogP contribution < -0.4 is 10.2 Å². The molecule has 1 fully saturated rings. The number of hydrogen-bond acceptors (Lipinski definition) is 4. The average Bonchev–Trinajstić information content (AvgIpc) is 3.20. The monoisotopic (exact) mass is 385 g/mol. The maximum absolute atomic E-state index is 12.2. The smallest absolute Gasteiger partial charge is 0.287 e. The molecule has 2 aromatic rings. The normalized spacial score (nSPS) is 17.3. The van der Waals surface area contributed by atoms with Gasteiger partial charge in [-0.05, 0) is 39.5 Å². The van der Waals surface area contributed by atoms with Gasteiger partial charge in [0.1, 0.15) is 19.1 Å². The molecular weight excluding hydrogens is 368 g/mol. The van der Waals surface area contributed by atoms with E-state index in [9.17, 15) is 4.79 Å². The van der Waals surface area contributed by atoms with E-state index in [1.807, 2.05) is 0 Å². The number of amides is 1. The topological polar surface area (TPSA) is 55.9 Å². The molecule has 1 saturated heterocycles. The van der Waals surface area contributed by atoms with E-state index >= 15 is 0 Å². The van der Waals surface area contributed by atoms with E-state index < -0.39 is 0 Å². The summed E-state index contributed by atoms with van der Waals surface area (Å²) < 4.78 is 11.3. The first-order chi connectivity index (χ1) is 10.7. The summed E-state index contributed by atoms with van der Waals surface area (Å²) in [5, 5.41) is 5.07. The van der Waals surface area contributed by atoms with Crippen LogP contribution in [-0.4, -0.2) is 38.8 Å². The van der Waals surface area contributed by atoms with Crippen molar-refractivity contribution in [3.8, 4) is 0 Å². The Morgan fingerprint density at radius 2 is 2.18 bits per heavy atom. The van der Waals surface area contributed by atoms with Crippen LogP contribution in [0.5, 0.6) is 0 Å².